The van der Waals surface area contributed by atoms with Gasteiger partial charge in [-0.05, 0) is 37.2 Å². The molecule has 0 radical (unpaired) electrons. The van der Waals surface area contributed by atoms with Crippen molar-refractivity contribution in [2.75, 3.05) is 44.5 Å². The fourth-order valence-electron chi connectivity index (χ4n) is 4.06. The van der Waals surface area contributed by atoms with Crippen molar-refractivity contribution in [2.24, 2.45) is 0 Å². The van der Waals surface area contributed by atoms with Crippen LogP contribution in [0.3, 0.4) is 0 Å². The summed E-state index contributed by atoms with van der Waals surface area (Å²) in [6.07, 6.45) is 1.56. The third-order valence-corrected chi connectivity index (χ3v) is 5.22. The molecule has 0 bridgehead atoms. The lowest BCUT2D eigenvalue weighted by Crippen LogP contribution is -2.45. The molecule has 1 saturated heterocycles. The number of rotatable bonds is 1. The fourth-order valence-corrected chi connectivity index (χ4v) is 4.06. The Labute approximate surface area is 126 Å². The summed E-state index contributed by atoms with van der Waals surface area (Å²) in [6.45, 7) is 3.45. The smallest absolute Gasteiger partial charge is 0.321 e. The SMILES string of the molecule is CNC(=O)N(C)c1ccc2c(c1)C1(C)CCN(C)C1N2C. The number of fused-ring (bicyclic) bond motifs is 3. The monoisotopic (exact) mass is 288 g/mol. The molecule has 2 unspecified atom stereocenters. The highest BCUT2D eigenvalue weighted by atomic mass is 16.2. The maximum absolute atomic E-state index is 11.8. The molecule has 3 rings (SSSR count). The molecule has 5 heteroatoms. The predicted octanol–water partition coefficient (Wildman–Crippen LogP) is 1.83. The average Bonchev–Trinajstić information content (AvgIpc) is 2.91. The van der Waals surface area contributed by atoms with Crippen LogP contribution in [0.1, 0.15) is 18.9 Å². The van der Waals surface area contributed by atoms with Crippen molar-refractivity contribution in [3.63, 3.8) is 0 Å². The van der Waals surface area contributed by atoms with Gasteiger partial charge in [-0.3, -0.25) is 9.80 Å². The van der Waals surface area contributed by atoms with Crippen molar-refractivity contribution in [3.8, 4) is 0 Å². The molecule has 1 aromatic rings. The summed E-state index contributed by atoms with van der Waals surface area (Å²) in [6, 6.07) is 6.25. The van der Waals surface area contributed by atoms with E-state index in [2.05, 4.69) is 48.3 Å². The maximum Gasteiger partial charge on any atom is 0.321 e. The molecule has 0 aromatic heterocycles. The number of nitrogens with one attached hydrogen (secondary N) is 1. The number of anilines is 2. The minimum atomic E-state index is -0.0912. The molecule has 114 valence electrons. The lowest BCUT2D eigenvalue weighted by atomic mass is 9.81. The quantitative estimate of drug-likeness (QED) is 0.857. The van der Waals surface area contributed by atoms with Gasteiger partial charge in [0.2, 0.25) is 0 Å². The number of hydrogen-bond donors (Lipinski definition) is 1. The molecule has 2 aliphatic rings. The van der Waals surface area contributed by atoms with E-state index in [4.69, 9.17) is 0 Å². The van der Waals surface area contributed by atoms with Gasteiger partial charge in [-0.2, -0.15) is 0 Å². The fraction of sp³-hybridized carbons (Fsp3) is 0.562. The molecule has 1 aromatic carbocycles. The molecule has 0 aliphatic carbocycles. The molecule has 2 atom stereocenters. The summed E-state index contributed by atoms with van der Waals surface area (Å²) in [7, 11) is 7.82. The van der Waals surface area contributed by atoms with Crippen molar-refractivity contribution < 1.29 is 4.79 Å². The van der Waals surface area contributed by atoms with E-state index < -0.39 is 0 Å². The first-order valence-corrected chi connectivity index (χ1v) is 7.43. The van der Waals surface area contributed by atoms with Gasteiger partial charge in [-0.25, -0.2) is 4.79 Å². The zero-order chi connectivity index (χ0) is 15.4. The Morgan fingerprint density at radius 2 is 2.14 bits per heavy atom. The molecular weight excluding hydrogens is 264 g/mol. The van der Waals surface area contributed by atoms with E-state index in [0.29, 0.717) is 6.17 Å². The van der Waals surface area contributed by atoms with Crippen LogP contribution in [0, 0.1) is 0 Å². The van der Waals surface area contributed by atoms with E-state index in [1.54, 1.807) is 19.0 Å². The topological polar surface area (TPSA) is 38.8 Å². The second kappa shape index (κ2) is 4.63. The molecular formula is C16H24N4O. The van der Waals surface area contributed by atoms with Crippen molar-refractivity contribution in [2.45, 2.75) is 24.9 Å². The minimum absolute atomic E-state index is 0.0912. The van der Waals surface area contributed by atoms with Gasteiger partial charge in [0.25, 0.3) is 0 Å². The van der Waals surface area contributed by atoms with Crippen molar-refractivity contribution in [3.05, 3.63) is 23.8 Å². The third-order valence-electron chi connectivity index (χ3n) is 5.22. The lowest BCUT2D eigenvalue weighted by molar-refractivity contribution is 0.249. The number of carbonyl (C=O) groups is 1. The second-order valence-electron chi connectivity index (χ2n) is 6.45. The number of benzene rings is 1. The van der Waals surface area contributed by atoms with Crippen LogP contribution in [-0.4, -0.2) is 51.8 Å². The van der Waals surface area contributed by atoms with Gasteiger partial charge in [0, 0.05) is 44.5 Å². The average molecular weight is 288 g/mol. The Balaban J connectivity index is 2.05. The van der Waals surface area contributed by atoms with Crippen LogP contribution in [0.15, 0.2) is 18.2 Å². The minimum Gasteiger partial charge on any atom is -0.358 e. The normalized spacial score (nSPS) is 27.5. The molecule has 2 amide bonds. The first-order chi connectivity index (χ1) is 9.90. The van der Waals surface area contributed by atoms with Gasteiger partial charge in [-0.15, -0.1) is 0 Å². The Morgan fingerprint density at radius 1 is 1.43 bits per heavy atom. The summed E-state index contributed by atoms with van der Waals surface area (Å²) >= 11 is 0. The second-order valence-corrected chi connectivity index (χ2v) is 6.45. The Morgan fingerprint density at radius 3 is 2.81 bits per heavy atom. The van der Waals surface area contributed by atoms with Crippen molar-refractivity contribution >= 4 is 17.4 Å². The number of hydrogen-bond acceptors (Lipinski definition) is 3. The molecule has 0 saturated carbocycles. The van der Waals surface area contributed by atoms with E-state index in [0.717, 1.165) is 18.7 Å². The van der Waals surface area contributed by atoms with Crippen LogP contribution < -0.4 is 15.1 Å². The van der Waals surface area contributed by atoms with E-state index in [1.807, 2.05) is 6.07 Å². The van der Waals surface area contributed by atoms with Gasteiger partial charge in [0.1, 0.15) is 0 Å². The summed E-state index contributed by atoms with van der Waals surface area (Å²) in [4.78, 5) is 18.3. The Kier molecular flexibility index (Phi) is 3.13. The molecule has 21 heavy (non-hydrogen) atoms. The van der Waals surface area contributed by atoms with Gasteiger partial charge >= 0.3 is 6.03 Å². The predicted molar refractivity (Wildman–Crippen MR) is 86.1 cm³/mol. The molecule has 2 heterocycles. The molecule has 2 aliphatic heterocycles. The number of likely N-dealkylation sites (N-methyl/N-ethyl adjacent to an activating group) is 2. The maximum atomic E-state index is 11.8. The summed E-state index contributed by atoms with van der Waals surface area (Å²) in [5.41, 5.74) is 3.71. The summed E-state index contributed by atoms with van der Waals surface area (Å²) in [5, 5.41) is 2.67. The van der Waals surface area contributed by atoms with Crippen molar-refractivity contribution in [1.29, 1.82) is 0 Å². The molecule has 1 N–H and O–H groups in total. The summed E-state index contributed by atoms with van der Waals surface area (Å²) in [5.74, 6) is 0. The van der Waals surface area contributed by atoms with E-state index in [1.165, 1.54) is 11.3 Å². The van der Waals surface area contributed by atoms with Crippen LogP contribution in [0.25, 0.3) is 0 Å². The molecule has 0 spiro atoms. The Hall–Kier alpha value is -1.75. The van der Waals surface area contributed by atoms with Crippen LogP contribution in [0.5, 0.6) is 0 Å². The van der Waals surface area contributed by atoms with Crippen LogP contribution >= 0.6 is 0 Å². The van der Waals surface area contributed by atoms with E-state index in [9.17, 15) is 4.79 Å². The number of likely N-dealkylation sites (tertiary alicyclic amines) is 1. The lowest BCUT2D eigenvalue weighted by Gasteiger charge is -2.32. The number of nitrogens with zero attached hydrogens (tertiary/aromatic N) is 3. The van der Waals surface area contributed by atoms with Crippen molar-refractivity contribution in [1.82, 2.24) is 10.2 Å². The number of urea groups is 1. The highest BCUT2D eigenvalue weighted by molar-refractivity contribution is 5.92. The van der Waals surface area contributed by atoms with Gasteiger partial charge in [0.15, 0.2) is 0 Å². The van der Waals surface area contributed by atoms with Crippen LogP contribution in [0.4, 0.5) is 16.2 Å². The Bertz CT molecular complexity index is 588. The molecule has 1 fully saturated rings. The zero-order valence-electron chi connectivity index (χ0n) is 13.5. The standard InChI is InChI=1S/C16H24N4O/c1-16-8-9-18(3)14(16)20(5)13-7-6-11(10-12(13)16)19(4)15(21)17-2/h6-7,10,14H,8-9H2,1-5H3,(H,17,21). The van der Waals surface area contributed by atoms with E-state index in [-0.39, 0.29) is 11.4 Å². The van der Waals surface area contributed by atoms with Crippen LogP contribution in [-0.2, 0) is 5.41 Å². The first kappa shape index (κ1) is 14.2. The zero-order valence-corrected chi connectivity index (χ0v) is 13.5. The van der Waals surface area contributed by atoms with E-state index >= 15 is 0 Å². The van der Waals surface area contributed by atoms with Gasteiger partial charge in [-0.1, -0.05) is 6.92 Å². The van der Waals surface area contributed by atoms with Gasteiger partial charge < -0.3 is 10.2 Å². The highest BCUT2D eigenvalue weighted by Crippen LogP contribution is 2.51. The van der Waals surface area contributed by atoms with Gasteiger partial charge in [0.05, 0.1) is 6.17 Å². The molecule has 5 nitrogen and oxygen atoms in total. The largest absolute Gasteiger partial charge is 0.358 e. The number of carbonyl (C=O) groups excluding carboxylic acids is 1. The highest BCUT2D eigenvalue weighted by Gasteiger charge is 2.52. The number of amides is 2. The first-order valence-electron chi connectivity index (χ1n) is 7.43. The summed E-state index contributed by atoms with van der Waals surface area (Å²) < 4.78 is 0. The third kappa shape index (κ3) is 1.83. The van der Waals surface area contributed by atoms with Crippen LogP contribution in [0.2, 0.25) is 0 Å².